The molecule has 152 valence electrons. The second-order valence-electron chi connectivity index (χ2n) is 6.88. The van der Waals surface area contributed by atoms with Crippen molar-refractivity contribution in [2.75, 3.05) is 7.11 Å². The van der Waals surface area contributed by atoms with Gasteiger partial charge in [0.15, 0.2) is 0 Å². The quantitative estimate of drug-likeness (QED) is 0.533. The summed E-state index contributed by atoms with van der Waals surface area (Å²) in [5, 5.41) is 11.3. The molecule has 1 amide bonds. The lowest BCUT2D eigenvalue weighted by atomic mass is 10.1. The second-order valence-corrected chi connectivity index (χ2v) is 6.88. The Kier molecular flexibility index (Phi) is 5.30. The molecule has 2 aromatic carbocycles. The highest BCUT2D eigenvalue weighted by Gasteiger charge is 2.12. The van der Waals surface area contributed by atoms with E-state index in [0.717, 1.165) is 27.1 Å². The van der Waals surface area contributed by atoms with Crippen LogP contribution in [-0.4, -0.2) is 32.4 Å². The van der Waals surface area contributed by atoms with E-state index in [-0.39, 0.29) is 18.0 Å². The van der Waals surface area contributed by atoms with Crippen molar-refractivity contribution in [1.29, 1.82) is 0 Å². The molecule has 0 aliphatic rings. The number of aryl methyl sites for hydroxylation is 1. The van der Waals surface area contributed by atoms with Crippen LogP contribution >= 0.6 is 0 Å². The average molecular weight is 403 g/mol. The fraction of sp³-hybridized carbons (Fsp3) is 0.182. The zero-order chi connectivity index (χ0) is 21.1. The van der Waals surface area contributed by atoms with Gasteiger partial charge >= 0.3 is 0 Å². The SMILES string of the molecule is COc1ccc(-c2cc3c(=O)n(CC(=O)NCc4ccccc4C)ncn3n2)cc1. The summed E-state index contributed by atoms with van der Waals surface area (Å²) < 4.78 is 7.72. The number of methoxy groups -OCH3 is 1. The van der Waals surface area contributed by atoms with Crippen molar-refractivity contribution in [2.45, 2.75) is 20.0 Å². The number of rotatable bonds is 6. The van der Waals surface area contributed by atoms with Gasteiger partial charge in [0.1, 0.15) is 24.1 Å². The smallest absolute Gasteiger partial charge is 0.293 e. The number of aromatic nitrogens is 4. The molecule has 0 aliphatic carbocycles. The van der Waals surface area contributed by atoms with E-state index in [1.807, 2.05) is 55.5 Å². The van der Waals surface area contributed by atoms with E-state index in [2.05, 4.69) is 15.5 Å². The zero-order valence-corrected chi connectivity index (χ0v) is 16.7. The maximum absolute atomic E-state index is 12.8. The van der Waals surface area contributed by atoms with Crippen LogP contribution in [0.4, 0.5) is 0 Å². The van der Waals surface area contributed by atoms with Crippen molar-refractivity contribution < 1.29 is 9.53 Å². The maximum atomic E-state index is 12.8. The summed E-state index contributed by atoms with van der Waals surface area (Å²) in [5.74, 6) is 0.454. The first-order chi connectivity index (χ1) is 14.5. The van der Waals surface area contributed by atoms with E-state index in [4.69, 9.17) is 4.74 Å². The molecule has 8 nitrogen and oxygen atoms in total. The van der Waals surface area contributed by atoms with Crippen LogP contribution in [-0.2, 0) is 17.9 Å². The van der Waals surface area contributed by atoms with Gasteiger partial charge in [-0.3, -0.25) is 9.59 Å². The van der Waals surface area contributed by atoms with Crippen molar-refractivity contribution in [2.24, 2.45) is 0 Å². The molecule has 0 fully saturated rings. The minimum atomic E-state index is -0.379. The summed E-state index contributed by atoms with van der Waals surface area (Å²) in [6.07, 6.45) is 1.43. The van der Waals surface area contributed by atoms with Gasteiger partial charge < -0.3 is 10.1 Å². The van der Waals surface area contributed by atoms with Gasteiger partial charge in [-0.15, -0.1) is 0 Å². The molecule has 0 radical (unpaired) electrons. The number of amides is 1. The van der Waals surface area contributed by atoms with Crippen LogP contribution in [0.3, 0.4) is 0 Å². The van der Waals surface area contributed by atoms with E-state index in [1.54, 1.807) is 13.2 Å². The lowest BCUT2D eigenvalue weighted by Gasteiger charge is -2.08. The fourth-order valence-corrected chi connectivity index (χ4v) is 3.15. The summed E-state index contributed by atoms with van der Waals surface area (Å²) in [5.41, 5.74) is 3.58. The highest BCUT2D eigenvalue weighted by Crippen LogP contribution is 2.21. The zero-order valence-electron chi connectivity index (χ0n) is 16.7. The average Bonchev–Trinajstić information content (AvgIpc) is 3.20. The Balaban J connectivity index is 1.52. The predicted octanol–water partition coefficient (Wildman–Crippen LogP) is 2.19. The van der Waals surface area contributed by atoms with E-state index in [9.17, 15) is 9.59 Å². The van der Waals surface area contributed by atoms with Crippen molar-refractivity contribution >= 4 is 11.4 Å². The molecule has 0 unspecified atom stereocenters. The van der Waals surface area contributed by atoms with Crippen LogP contribution in [0.25, 0.3) is 16.8 Å². The van der Waals surface area contributed by atoms with E-state index in [0.29, 0.717) is 17.8 Å². The van der Waals surface area contributed by atoms with Crippen molar-refractivity contribution in [3.05, 3.63) is 82.4 Å². The second kappa shape index (κ2) is 8.20. The standard InChI is InChI=1S/C22H21N5O3/c1-15-5-3-4-6-17(15)12-23-21(28)13-26-22(29)20-11-19(25-27(20)14-24-26)16-7-9-18(30-2)10-8-16/h3-11,14H,12-13H2,1-2H3,(H,23,28). The van der Waals surface area contributed by atoms with Gasteiger partial charge in [-0.05, 0) is 48.4 Å². The highest BCUT2D eigenvalue weighted by atomic mass is 16.5. The van der Waals surface area contributed by atoms with Gasteiger partial charge in [-0.1, -0.05) is 24.3 Å². The Morgan fingerprint density at radius 2 is 1.90 bits per heavy atom. The molecule has 2 aromatic heterocycles. The first-order valence-electron chi connectivity index (χ1n) is 9.46. The number of nitrogens with one attached hydrogen (secondary N) is 1. The topological polar surface area (TPSA) is 90.5 Å². The first-order valence-corrected chi connectivity index (χ1v) is 9.46. The molecule has 8 heteroatoms. The molecule has 4 rings (SSSR count). The summed E-state index contributed by atoms with van der Waals surface area (Å²) in [4.78, 5) is 25.1. The summed E-state index contributed by atoms with van der Waals surface area (Å²) in [7, 11) is 1.60. The molecule has 30 heavy (non-hydrogen) atoms. The third kappa shape index (κ3) is 3.93. The number of hydrogen-bond donors (Lipinski definition) is 1. The maximum Gasteiger partial charge on any atom is 0.293 e. The van der Waals surface area contributed by atoms with Crippen LogP contribution < -0.4 is 15.6 Å². The van der Waals surface area contributed by atoms with Gasteiger partial charge in [0.2, 0.25) is 5.91 Å². The van der Waals surface area contributed by atoms with Gasteiger partial charge in [0, 0.05) is 12.1 Å². The molecular formula is C22H21N5O3. The van der Waals surface area contributed by atoms with E-state index >= 15 is 0 Å². The van der Waals surface area contributed by atoms with Crippen LogP contribution in [0, 0.1) is 6.92 Å². The normalized spacial score (nSPS) is 10.9. The van der Waals surface area contributed by atoms with E-state index in [1.165, 1.54) is 10.8 Å². The number of carbonyl (C=O) groups excluding carboxylic acids is 1. The molecule has 0 spiro atoms. The van der Waals surface area contributed by atoms with E-state index < -0.39 is 0 Å². The van der Waals surface area contributed by atoms with Crippen molar-refractivity contribution in [1.82, 2.24) is 24.7 Å². The van der Waals surface area contributed by atoms with Crippen molar-refractivity contribution in [3.63, 3.8) is 0 Å². The first kappa shape index (κ1) is 19.4. The lowest BCUT2D eigenvalue weighted by Crippen LogP contribution is -2.34. The Morgan fingerprint density at radius 1 is 1.13 bits per heavy atom. The molecular weight excluding hydrogens is 382 g/mol. The number of fused-ring (bicyclic) bond motifs is 1. The number of benzene rings is 2. The Labute approximate surface area is 172 Å². The van der Waals surface area contributed by atoms with Gasteiger partial charge in [0.05, 0.1) is 12.8 Å². The lowest BCUT2D eigenvalue weighted by molar-refractivity contribution is -0.122. The van der Waals surface area contributed by atoms with Gasteiger partial charge in [-0.25, -0.2) is 9.20 Å². The van der Waals surface area contributed by atoms with Crippen LogP contribution in [0.5, 0.6) is 5.75 Å². The van der Waals surface area contributed by atoms with Gasteiger partial charge in [-0.2, -0.15) is 10.2 Å². The van der Waals surface area contributed by atoms with Crippen LogP contribution in [0.1, 0.15) is 11.1 Å². The number of nitrogens with zero attached hydrogens (tertiary/aromatic N) is 4. The van der Waals surface area contributed by atoms with Crippen LogP contribution in [0.2, 0.25) is 0 Å². The Hall–Kier alpha value is -3.94. The predicted molar refractivity (Wildman–Crippen MR) is 112 cm³/mol. The molecule has 0 saturated heterocycles. The minimum absolute atomic E-state index is 0.162. The Morgan fingerprint density at radius 3 is 2.63 bits per heavy atom. The molecule has 0 bridgehead atoms. The van der Waals surface area contributed by atoms with Gasteiger partial charge in [0.25, 0.3) is 5.56 Å². The summed E-state index contributed by atoms with van der Waals surface area (Å²) in [6, 6.07) is 16.9. The fourth-order valence-electron chi connectivity index (χ4n) is 3.15. The van der Waals surface area contributed by atoms with Crippen molar-refractivity contribution in [3.8, 4) is 17.0 Å². The minimum Gasteiger partial charge on any atom is -0.497 e. The third-order valence-electron chi connectivity index (χ3n) is 4.91. The molecule has 0 atom stereocenters. The largest absolute Gasteiger partial charge is 0.497 e. The monoisotopic (exact) mass is 403 g/mol. The Bertz CT molecular complexity index is 1260. The highest BCUT2D eigenvalue weighted by molar-refractivity contribution is 5.75. The molecule has 2 heterocycles. The number of hydrogen-bond acceptors (Lipinski definition) is 5. The molecule has 0 aliphatic heterocycles. The number of ether oxygens (including phenoxy) is 1. The molecule has 1 N–H and O–H groups in total. The summed E-state index contributed by atoms with van der Waals surface area (Å²) >= 11 is 0. The summed E-state index contributed by atoms with van der Waals surface area (Å²) in [6.45, 7) is 2.22. The third-order valence-corrected chi connectivity index (χ3v) is 4.91. The molecule has 0 saturated carbocycles. The molecule has 4 aromatic rings. The number of carbonyl (C=O) groups is 1. The van der Waals surface area contributed by atoms with Crippen LogP contribution in [0.15, 0.2) is 65.7 Å².